The zero-order valence-electron chi connectivity index (χ0n) is 20.2. The molecule has 36 heavy (non-hydrogen) atoms. The normalized spacial score (nSPS) is 17.4. The molecule has 3 heterocycles. The molecule has 0 spiro atoms. The maximum atomic E-state index is 6.63. The number of benzene rings is 2. The highest BCUT2D eigenvalue weighted by Gasteiger charge is 2.41. The first-order valence-electron chi connectivity index (χ1n) is 11.6. The average Bonchev–Trinajstić information content (AvgIpc) is 3.36. The van der Waals surface area contributed by atoms with Gasteiger partial charge in [-0.15, -0.1) is 0 Å². The summed E-state index contributed by atoms with van der Waals surface area (Å²) in [7, 11) is 1.67. The lowest BCUT2D eigenvalue weighted by atomic mass is 9.96. The number of hydrogen-bond acceptors (Lipinski definition) is 3. The highest BCUT2D eigenvalue weighted by Crippen LogP contribution is 2.43. The number of methoxy groups -OCH3 is 1. The zero-order chi connectivity index (χ0) is 25.4. The van der Waals surface area contributed by atoms with Crippen LogP contribution < -0.4 is 10.1 Å². The molecule has 0 aliphatic carbocycles. The van der Waals surface area contributed by atoms with Crippen molar-refractivity contribution in [1.82, 2.24) is 19.8 Å². The van der Waals surface area contributed by atoms with Crippen LogP contribution in [0.3, 0.4) is 0 Å². The maximum Gasteiger partial charge on any atom is 0.170 e. The first kappa shape index (κ1) is 24.6. The van der Waals surface area contributed by atoms with Crippen molar-refractivity contribution in [3.63, 3.8) is 0 Å². The van der Waals surface area contributed by atoms with Crippen LogP contribution in [0.5, 0.6) is 5.75 Å². The van der Waals surface area contributed by atoms with Crippen molar-refractivity contribution in [2.75, 3.05) is 7.11 Å². The topological polar surface area (TPSA) is 42.3 Å². The summed E-state index contributed by atoms with van der Waals surface area (Å²) in [5.41, 5.74) is 6.23. The summed E-state index contributed by atoms with van der Waals surface area (Å²) in [5, 5.41) is 5.29. The zero-order valence-corrected chi connectivity index (χ0v) is 22.5. The molecule has 1 N–H and O–H groups in total. The van der Waals surface area contributed by atoms with Gasteiger partial charge in [-0.05, 0) is 79.7 Å². The largest absolute Gasteiger partial charge is 0.497 e. The van der Waals surface area contributed by atoms with Gasteiger partial charge in [-0.1, -0.05) is 47.5 Å². The molecule has 0 bridgehead atoms. The minimum atomic E-state index is -0.110. The van der Waals surface area contributed by atoms with Crippen molar-refractivity contribution < 1.29 is 4.74 Å². The molecule has 0 saturated carbocycles. The second-order valence-electron chi connectivity index (χ2n) is 8.84. The van der Waals surface area contributed by atoms with Gasteiger partial charge in [0.15, 0.2) is 5.11 Å². The van der Waals surface area contributed by atoms with Crippen LogP contribution in [0.1, 0.15) is 40.3 Å². The molecule has 1 saturated heterocycles. The predicted molar refractivity (Wildman–Crippen MR) is 149 cm³/mol. The summed E-state index contributed by atoms with van der Waals surface area (Å²) in [6, 6.07) is 21.8. The summed E-state index contributed by atoms with van der Waals surface area (Å²) >= 11 is 18.9. The van der Waals surface area contributed by atoms with E-state index >= 15 is 0 Å². The minimum Gasteiger partial charge on any atom is -0.497 e. The van der Waals surface area contributed by atoms with Gasteiger partial charge < -0.3 is 19.5 Å². The van der Waals surface area contributed by atoms with E-state index in [0.29, 0.717) is 21.7 Å². The molecule has 5 nitrogen and oxygen atoms in total. The molecule has 4 aromatic rings. The first-order chi connectivity index (χ1) is 17.4. The maximum absolute atomic E-state index is 6.63. The monoisotopic (exact) mass is 536 g/mol. The third-order valence-corrected chi connectivity index (χ3v) is 7.83. The van der Waals surface area contributed by atoms with E-state index in [1.165, 1.54) is 0 Å². The number of nitrogens with zero attached hydrogens (tertiary/aromatic N) is 3. The van der Waals surface area contributed by atoms with Gasteiger partial charge in [-0.25, -0.2) is 0 Å². The van der Waals surface area contributed by atoms with Crippen LogP contribution in [0.4, 0.5) is 0 Å². The average molecular weight is 538 g/mol. The van der Waals surface area contributed by atoms with Gasteiger partial charge >= 0.3 is 0 Å². The van der Waals surface area contributed by atoms with Crippen molar-refractivity contribution in [2.45, 2.75) is 32.5 Å². The quantitative estimate of drug-likeness (QED) is 0.269. The second kappa shape index (κ2) is 10.1. The van der Waals surface area contributed by atoms with Gasteiger partial charge in [-0.2, -0.15) is 0 Å². The van der Waals surface area contributed by atoms with E-state index in [4.69, 9.17) is 40.2 Å². The van der Waals surface area contributed by atoms with Gasteiger partial charge in [0.2, 0.25) is 0 Å². The Morgan fingerprint density at radius 1 is 1.03 bits per heavy atom. The number of pyridine rings is 1. The second-order valence-corrected chi connectivity index (χ2v) is 10.0. The smallest absolute Gasteiger partial charge is 0.170 e. The Kier molecular flexibility index (Phi) is 6.93. The van der Waals surface area contributed by atoms with E-state index in [0.717, 1.165) is 39.6 Å². The summed E-state index contributed by atoms with van der Waals surface area (Å²) in [5.74, 6) is 0.825. The summed E-state index contributed by atoms with van der Waals surface area (Å²) in [6.45, 7) is 4.84. The van der Waals surface area contributed by atoms with Crippen LogP contribution >= 0.6 is 35.4 Å². The molecule has 1 aliphatic rings. The van der Waals surface area contributed by atoms with Gasteiger partial charge in [0.25, 0.3) is 0 Å². The molecule has 2 atom stereocenters. The molecular weight excluding hydrogens is 511 g/mol. The highest BCUT2D eigenvalue weighted by atomic mass is 35.5. The lowest BCUT2D eigenvalue weighted by Crippen LogP contribution is -2.29. The molecule has 2 aromatic heterocycles. The van der Waals surface area contributed by atoms with E-state index < -0.39 is 0 Å². The van der Waals surface area contributed by atoms with Crippen LogP contribution in [-0.2, 0) is 6.54 Å². The summed E-state index contributed by atoms with van der Waals surface area (Å²) < 4.78 is 7.49. The SMILES string of the molecule is COc1ccc(CN2C(=S)N[C@@H](c3ccccn3)[C@@H]2c2cc(C)n(-c3cccc(Cl)c3Cl)c2C)cc1. The van der Waals surface area contributed by atoms with Crippen LogP contribution in [-0.4, -0.2) is 26.7 Å². The number of aromatic nitrogens is 2. The van der Waals surface area contributed by atoms with E-state index in [9.17, 15) is 0 Å². The fourth-order valence-corrected chi connectivity index (χ4v) is 5.65. The number of hydrogen-bond donors (Lipinski definition) is 1. The first-order valence-corrected chi connectivity index (χ1v) is 12.8. The molecule has 0 radical (unpaired) electrons. The van der Waals surface area contributed by atoms with Gasteiger partial charge in [0, 0.05) is 24.1 Å². The minimum absolute atomic E-state index is 0.0765. The fourth-order valence-electron chi connectivity index (χ4n) is 4.96. The number of rotatable bonds is 6. The predicted octanol–water partition coefficient (Wildman–Crippen LogP) is 6.98. The fraction of sp³-hybridized carbons (Fsp3) is 0.214. The number of aryl methyl sites for hydroxylation is 1. The Hall–Kier alpha value is -3.06. The molecule has 1 aliphatic heterocycles. The lowest BCUT2D eigenvalue weighted by Gasteiger charge is -2.28. The Labute approximate surface area is 226 Å². The third-order valence-electron chi connectivity index (χ3n) is 6.67. The summed E-state index contributed by atoms with van der Waals surface area (Å²) in [6.07, 6.45) is 1.82. The lowest BCUT2D eigenvalue weighted by molar-refractivity contribution is 0.310. The summed E-state index contributed by atoms with van der Waals surface area (Å²) in [4.78, 5) is 6.91. The van der Waals surface area contributed by atoms with Crippen LogP contribution in [0, 0.1) is 13.8 Å². The van der Waals surface area contributed by atoms with E-state index in [-0.39, 0.29) is 12.1 Å². The van der Waals surface area contributed by atoms with Crippen LogP contribution in [0.2, 0.25) is 10.0 Å². The number of halogens is 2. The number of thiocarbonyl (C=S) groups is 1. The Bertz CT molecular complexity index is 1410. The molecule has 0 unspecified atom stereocenters. The Morgan fingerprint density at radius 2 is 1.81 bits per heavy atom. The molecule has 5 rings (SSSR count). The molecule has 1 fully saturated rings. The van der Waals surface area contributed by atoms with Gasteiger partial charge in [0.05, 0.1) is 40.6 Å². The van der Waals surface area contributed by atoms with Crippen LogP contribution in [0.25, 0.3) is 5.69 Å². The van der Waals surface area contributed by atoms with Gasteiger partial charge in [0.1, 0.15) is 5.75 Å². The van der Waals surface area contributed by atoms with E-state index in [1.807, 2.05) is 48.7 Å². The third kappa shape index (κ3) is 4.45. The van der Waals surface area contributed by atoms with Gasteiger partial charge in [-0.3, -0.25) is 4.98 Å². The highest BCUT2D eigenvalue weighted by molar-refractivity contribution is 7.80. The van der Waals surface area contributed by atoms with Crippen molar-refractivity contribution in [3.05, 3.63) is 111 Å². The molecule has 184 valence electrons. The Morgan fingerprint density at radius 3 is 2.50 bits per heavy atom. The number of ether oxygens (including phenoxy) is 1. The van der Waals surface area contributed by atoms with Crippen molar-refractivity contribution >= 4 is 40.5 Å². The van der Waals surface area contributed by atoms with E-state index in [2.05, 4.69) is 51.8 Å². The van der Waals surface area contributed by atoms with Crippen molar-refractivity contribution in [1.29, 1.82) is 0 Å². The van der Waals surface area contributed by atoms with Crippen molar-refractivity contribution in [3.8, 4) is 11.4 Å². The van der Waals surface area contributed by atoms with Crippen LogP contribution in [0.15, 0.2) is 72.9 Å². The Balaban J connectivity index is 1.61. The molecule has 0 amide bonds. The number of nitrogens with one attached hydrogen (secondary N) is 1. The molecule has 2 aromatic carbocycles. The van der Waals surface area contributed by atoms with E-state index in [1.54, 1.807) is 13.2 Å². The molecular formula is C28H26Cl2N4OS. The standard InChI is InChI=1S/C28H26Cl2N4OS/c1-17-15-21(18(2)34(17)24-9-6-7-22(29)25(24)30)27-26(23-8-4-5-14-31-23)32-28(36)33(27)16-19-10-12-20(35-3)13-11-19/h4-15,26-27H,16H2,1-3H3,(H,32,36)/t26-,27-/m0/s1. The molecule has 8 heteroatoms. The van der Waals surface area contributed by atoms with Crippen molar-refractivity contribution in [2.24, 2.45) is 0 Å².